The molecule has 0 aromatic heterocycles. The largest absolute Gasteiger partial charge is 0.378 e. The fourth-order valence-corrected chi connectivity index (χ4v) is 3.31. The van der Waals surface area contributed by atoms with Gasteiger partial charge in [0.25, 0.3) is 0 Å². The topological polar surface area (TPSA) is 41.6 Å². The summed E-state index contributed by atoms with van der Waals surface area (Å²) in [4.78, 5) is 14.6. The molecule has 4 nitrogen and oxygen atoms in total. The van der Waals surface area contributed by atoms with E-state index in [2.05, 4.69) is 31.0 Å². The first kappa shape index (κ1) is 15.8. The minimum atomic E-state index is 0.0354. The van der Waals surface area contributed by atoms with Crippen molar-refractivity contribution < 1.29 is 9.53 Å². The van der Waals surface area contributed by atoms with Crippen molar-refractivity contribution in [3.05, 3.63) is 0 Å². The van der Waals surface area contributed by atoms with Crippen molar-refractivity contribution >= 4 is 5.91 Å². The van der Waals surface area contributed by atoms with Crippen LogP contribution in [0, 0.1) is 5.92 Å². The highest BCUT2D eigenvalue weighted by Gasteiger charge is 2.38. The fourth-order valence-electron chi connectivity index (χ4n) is 3.31. The fraction of sp³-hybridized carbons (Fsp3) is 0.938. The summed E-state index contributed by atoms with van der Waals surface area (Å²) in [6, 6.07) is 0.0354. The van der Waals surface area contributed by atoms with Crippen molar-refractivity contribution in [2.24, 2.45) is 5.92 Å². The summed E-state index contributed by atoms with van der Waals surface area (Å²) in [7, 11) is 0. The molecule has 1 N–H and O–H groups in total. The summed E-state index contributed by atoms with van der Waals surface area (Å²) < 4.78 is 5.68. The van der Waals surface area contributed by atoms with Crippen LogP contribution in [0.25, 0.3) is 0 Å². The van der Waals surface area contributed by atoms with Gasteiger partial charge in [-0.2, -0.15) is 0 Å². The molecule has 2 aliphatic heterocycles. The van der Waals surface area contributed by atoms with E-state index in [4.69, 9.17) is 4.74 Å². The molecule has 2 aliphatic rings. The smallest absolute Gasteiger partial charge is 0.241 e. The van der Waals surface area contributed by atoms with E-state index in [1.807, 2.05) is 0 Å². The predicted octanol–water partition coefficient (Wildman–Crippen LogP) is 2.53. The lowest BCUT2D eigenvalue weighted by Crippen LogP contribution is -2.39. The molecule has 0 aromatic rings. The van der Waals surface area contributed by atoms with E-state index in [1.165, 1.54) is 6.42 Å². The number of hydrogen-bond acceptors (Lipinski definition) is 3. The van der Waals surface area contributed by atoms with Crippen LogP contribution >= 0.6 is 0 Å². The van der Waals surface area contributed by atoms with E-state index >= 15 is 0 Å². The van der Waals surface area contributed by atoms with Gasteiger partial charge in [0, 0.05) is 13.2 Å². The van der Waals surface area contributed by atoms with Crippen molar-refractivity contribution in [1.29, 1.82) is 0 Å². The maximum Gasteiger partial charge on any atom is 0.241 e. The highest BCUT2D eigenvalue weighted by molar-refractivity contribution is 5.84. The average Bonchev–Trinajstić information content (AvgIpc) is 2.98. The van der Waals surface area contributed by atoms with Gasteiger partial charge in [-0.1, -0.05) is 27.2 Å². The summed E-state index contributed by atoms with van der Waals surface area (Å²) in [5, 5.41) is 3.53. The minimum absolute atomic E-state index is 0.0354. The van der Waals surface area contributed by atoms with Gasteiger partial charge in [0.05, 0.1) is 18.3 Å². The molecule has 1 amide bonds. The Hall–Kier alpha value is -0.610. The number of nitrogens with one attached hydrogen (secondary N) is 1. The Balaban J connectivity index is 1.91. The second-order valence-electron chi connectivity index (χ2n) is 6.61. The molecule has 2 heterocycles. The van der Waals surface area contributed by atoms with Crippen LogP contribution in [0.5, 0.6) is 0 Å². The highest BCUT2D eigenvalue weighted by atomic mass is 16.5. The summed E-state index contributed by atoms with van der Waals surface area (Å²) in [6.07, 6.45) is 6.95. The van der Waals surface area contributed by atoms with E-state index in [0.29, 0.717) is 17.9 Å². The molecule has 3 atom stereocenters. The highest BCUT2D eigenvalue weighted by Crippen LogP contribution is 2.22. The number of amides is 1. The van der Waals surface area contributed by atoms with E-state index in [9.17, 15) is 4.79 Å². The Morgan fingerprint density at radius 1 is 1.40 bits per heavy atom. The minimum Gasteiger partial charge on any atom is -0.378 e. The van der Waals surface area contributed by atoms with Crippen LogP contribution < -0.4 is 5.32 Å². The monoisotopic (exact) mass is 282 g/mol. The van der Waals surface area contributed by atoms with Gasteiger partial charge >= 0.3 is 0 Å². The van der Waals surface area contributed by atoms with Gasteiger partial charge in [-0.25, -0.2) is 0 Å². The molecule has 0 spiro atoms. The second-order valence-corrected chi connectivity index (χ2v) is 6.61. The number of carbonyl (C=O) groups excluding carboxylic acids is 1. The Kier molecular flexibility index (Phi) is 5.85. The molecule has 116 valence electrons. The van der Waals surface area contributed by atoms with Gasteiger partial charge in [0.15, 0.2) is 0 Å². The van der Waals surface area contributed by atoms with Gasteiger partial charge < -0.3 is 9.64 Å². The van der Waals surface area contributed by atoms with Crippen LogP contribution in [0.1, 0.15) is 59.3 Å². The van der Waals surface area contributed by atoms with Crippen molar-refractivity contribution in [3.63, 3.8) is 0 Å². The molecular weight excluding hydrogens is 252 g/mol. The molecule has 20 heavy (non-hydrogen) atoms. The Bertz CT molecular complexity index is 314. The van der Waals surface area contributed by atoms with E-state index in [1.54, 1.807) is 0 Å². The van der Waals surface area contributed by atoms with E-state index in [-0.39, 0.29) is 12.2 Å². The first-order valence-electron chi connectivity index (χ1n) is 8.30. The number of hydrogen-bond donors (Lipinski definition) is 1. The van der Waals surface area contributed by atoms with Crippen molar-refractivity contribution in [3.8, 4) is 0 Å². The van der Waals surface area contributed by atoms with Gasteiger partial charge in [-0.05, 0) is 38.0 Å². The van der Waals surface area contributed by atoms with Crippen molar-refractivity contribution in [2.75, 3.05) is 13.2 Å². The molecule has 2 rings (SSSR count). The first-order valence-corrected chi connectivity index (χ1v) is 8.30. The van der Waals surface area contributed by atoms with Crippen molar-refractivity contribution in [2.45, 2.75) is 77.6 Å². The molecular formula is C16H30N2O2. The third-order valence-electron chi connectivity index (χ3n) is 4.34. The van der Waals surface area contributed by atoms with Crippen LogP contribution in [0.2, 0.25) is 0 Å². The molecule has 0 aliphatic carbocycles. The summed E-state index contributed by atoms with van der Waals surface area (Å²) in [5.41, 5.74) is 0. The standard InChI is InChI=1S/C16H30N2O2/c1-4-6-14-16(19)18(15(17-14)11-12(2)3)9-8-13-7-5-10-20-13/h12-15,17H,4-11H2,1-3H3. The summed E-state index contributed by atoms with van der Waals surface area (Å²) >= 11 is 0. The summed E-state index contributed by atoms with van der Waals surface area (Å²) in [5.74, 6) is 0.904. The lowest BCUT2D eigenvalue weighted by Gasteiger charge is -2.26. The van der Waals surface area contributed by atoms with Crippen LogP contribution in [0.4, 0.5) is 0 Å². The normalized spacial score (nSPS) is 30.7. The second kappa shape index (κ2) is 7.41. The van der Waals surface area contributed by atoms with Crippen LogP contribution in [-0.4, -0.2) is 42.3 Å². The predicted molar refractivity (Wildman–Crippen MR) is 80.4 cm³/mol. The van der Waals surface area contributed by atoms with Gasteiger partial charge in [-0.15, -0.1) is 0 Å². The number of rotatable bonds is 7. The summed E-state index contributed by atoms with van der Waals surface area (Å²) in [6.45, 7) is 8.31. The molecule has 2 saturated heterocycles. The van der Waals surface area contributed by atoms with Gasteiger partial charge in [0.2, 0.25) is 5.91 Å². The van der Waals surface area contributed by atoms with Crippen LogP contribution in [-0.2, 0) is 9.53 Å². The van der Waals surface area contributed by atoms with Crippen LogP contribution in [0.3, 0.4) is 0 Å². The number of carbonyl (C=O) groups is 1. The third kappa shape index (κ3) is 3.95. The molecule has 0 bridgehead atoms. The molecule has 0 radical (unpaired) electrons. The zero-order valence-electron chi connectivity index (χ0n) is 13.2. The maximum absolute atomic E-state index is 12.5. The molecule has 2 fully saturated rings. The Labute approximate surface area is 123 Å². The zero-order valence-corrected chi connectivity index (χ0v) is 13.2. The molecule has 4 heteroatoms. The number of ether oxygens (including phenoxy) is 1. The third-order valence-corrected chi connectivity index (χ3v) is 4.34. The number of nitrogens with zero attached hydrogens (tertiary/aromatic N) is 1. The molecule has 3 unspecified atom stereocenters. The average molecular weight is 282 g/mol. The maximum atomic E-state index is 12.5. The lowest BCUT2D eigenvalue weighted by molar-refractivity contribution is -0.130. The van der Waals surface area contributed by atoms with E-state index in [0.717, 1.165) is 45.3 Å². The van der Waals surface area contributed by atoms with Crippen LogP contribution in [0.15, 0.2) is 0 Å². The SMILES string of the molecule is CCCC1NC(CC(C)C)N(CCC2CCCO2)C1=O. The lowest BCUT2D eigenvalue weighted by atomic mass is 10.1. The van der Waals surface area contributed by atoms with Crippen molar-refractivity contribution in [1.82, 2.24) is 10.2 Å². The molecule has 0 saturated carbocycles. The van der Waals surface area contributed by atoms with Gasteiger partial charge in [-0.3, -0.25) is 10.1 Å². The Morgan fingerprint density at radius 3 is 2.80 bits per heavy atom. The quantitative estimate of drug-likeness (QED) is 0.780. The molecule has 0 aromatic carbocycles. The Morgan fingerprint density at radius 2 is 2.20 bits per heavy atom. The first-order chi connectivity index (χ1) is 9.61. The van der Waals surface area contributed by atoms with E-state index < -0.39 is 0 Å². The zero-order chi connectivity index (χ0) is 14.5. The van der Waals surface area contributed by atoms with Gasteiger partial charge in [0.1, 0.15) is 0 Å².